The molecule has 23 heavy (non-hydrogen) atoms. The van der Waals surface area contributed by atoms with E-state index < -0.39 is 0 Å². The molecule has 1 aromatic heterocycles. The standard InChI is InChI=1S/C17H27N5O/c1-3-20(4-2)17(23)22-11-9-21(10-12-22)16-18-13-14-7-5-6-8-15(14)19-16/h13H,3-12H2,1-2H3. The number of hydrogen-bond donors (Lipinski definition) is 0. The van der Waals surface area contributed by atoms with E-state index >= 15 is 0 Å². The number of hydrogen-bond acceptors (Lipinski definition) is 4. The highest BCUT2D eigenvalue weighted by Crippen LogP contribution is 2.21. The van der Waals surface area contributed by atoms with Crippen LogP contribution in [0.3, 0.4) is 0 Å². The molecule has 0 radical (unpaired) electrons. The maximum atomic E-state index is 12.4. The number of carbonyl (C=O) groups is 1. The van der Waals surface area contributed by atoms with Crippen LogP contribution in [0.2, 0.25) is 0 Å². The van der Waals surface area contributed by atoms with Gasteiger partial charge in [0, 0.05) is 51.2 Å². The van der Waals surface area contributed by atoms with Gasteiger partial charge in [-0.25, -0.2) is 14.8 Å². The Hall–Kier alpha value is -1.85. The highest BCUT2D eigenvalue weighted by atomic mass is 16.2. The van der Waals surface area contributed by atoms with E-state index in [1.165, 1.54) is 24.1 Å². The van der Waals surface area contributed by atoms with Crippen LogP contribution in [0, 0.1) is 0 Å². The Balaban J connectivity index is 1.62. The Kier molecular flexibility index (Phi) is 4.98. The molecule has 0 bridgehead atoms. The Morgan fingerprint density at radius 3 is 2.52 bits per heavy atom. The van der Waals surface area contributed by atoms with Gasteiger partial charge in [-0.1, -0.05) is 0 Å². The van der Waals surface area contributed by atoms with Gasteiger partial charge >= 0.3 is 6.03 Å². The van der Waals surface area contributed by atoms with E-state index in [9.17, 15) is 4.79 Å². The van der Waals surface area contributed by atoms with Crippen LogP contribution in [0.15, 0.2) is 6.20 Å². The summed E-state index contributed by atoms with van der Waals surface area (Å²) in [5, 5.41) is 0. The summed E-state index contributed by atoms with van der Waals surface area (Å²) in [4.78, 5) is 27.8. The summed E-state index contributed by atoms with van der Waals surface area (Å²) in [7, 11) is 0. The molecule has 0 N–H and O–H groups in total. The van der Waals surface area contributed by atoms with Gasteiger partial charge in [0.2, 0.25) is 5.95 Å². The minimum Gasteiger partial charge on any atom is -0.337 e. The van der Waals surface area contributed by atoms with Gasteiger partial charge in [0.1, 0.15) is 0 Å². The van der Waals surface area contributed by atoms with Crippen molar-refractivity contribution in [3.05, 3.63) is 17.5 Å². The molecule has 0 aromatic carbocycles. The van der Waals surface area contributed by atoms with E-state index in [4.69, 9.17) is 4.98 Å². The van der Waals surface area contributed by atoms with Gasteiger partial charge in [-0.2, -0.15) is 0 Å². The average molecular weight is 317 g/mol. The predicted octanol–water partition coefficient (Wildman–Crippen LogP) is 1.94. The molecule has 1 aliphatic heterocycles. The fraction of sp³-hybridized carbons (Fsp3) is 0.706. The number of rotatable bonds is 3. The van der Waals surface area contributed by atoms with Crippen molar-refractivity contribution in [3.63, 3.8) is 0 Å². The van der Waals surface area contributed by atoms with Crippen LogP contribution in [-0.2, 0) is 12.8 Å². The van der Waals surface area contributed by atoms with Gasteiger partial charge in [-0.05, 0) is 45.1 Å². The molecular weight excluding hydrogens is 290 g/mol. The number of aryl methyl sites for hydroxylation is 2. The van der Waals surface area contributed by atoms with Crippen molar-refractivity contribution in [1.82, 2.24) is 19.8 Å². The maximum absolute atomic E-state index is 12.4. The van der Waals surface area contributed by atoms with Crippen molar-refractivity contribution in [2.45, 2.75) is 39.5 Å². The van der Waals surface area contributed by atoms with Crippen molar-refractivity contribution in [3.8, 4) is 0 Å². The Labute approximate surface area is 138 Å². The predicted molar refractivity (Wildman–Crippen MR) is 90.8 cm³/mol. The molecule has 2 aliphatic rings. The zero-order valence-corrected chi connectivity index (χ0v) is 14.3. The first-order valence-corrected chi connectivity index (χ1v) is 8.86. The third-order valence-corrected chi connectivity index (χ3v) is 4.92. The lowest BCUT2D eigenvalue weighted by molar-refractivity contribution is 0.154. The second-order valence-corrected chi connectivity index (χ2v) is 6.28. The minimum atomic E-state index is 0.154. The number of urea groups is 1. The molecule has 0 unspecified atom stereocenters. The first-order valence-electron chi connectivity index (χ1n) is 8.86. The van der Waals surface area contributed by atoms with E-state index in [1.807, 2.05) is 29.8 Å². The normalized spacial score (nSPS) is 17.8. The second-order valence-electron chi connectivity index (χ2n) is 6.28. The fourth-order valence-corrected chi connectivity index (χ4v) is 3.41. The highest BCUT2D eigenvalue weighted by molar-refractivity contribution is 5.74. The molecule has 2 amide bonds. The molecule has 6 nitrogen and oxygen atoms in total. The Morgan fingerprint density at radius 1 is 1.13 bits per heavy atom. The third kappa shape index (κ3) is 3.41. The van der Waals surface area contributed by atoms with Crippen molar-refractivity contribution >= 4 is 12.0 Å². The lowest BCUT2D eigenvalue weighted by Crippen LogP contribution is -2.53. The average Bonchev–Trinajstić information content (AvgIpc) is 2.62. The monoisotopic (exact) mass is 317 g/mol. The molecule has 1 saturated heterocycles. The van der Waals surface area contributed by atoms with Crippen molar-refractivity contribution in [1.29, 1.82) is 0 Å². The summed E-state index contributed by atoms with van der Waals surface area (Å²) in [6, 6.07) is 0.154. The Bertz CT molecular complexity index is 550. The molecular formula is C17H27N5O. The topological polar surface area (TPSA) is 52.6 Å². The lowest BCUT2D eigenvalue weighted by Gasteiger charge is -2.37. The second kappa shape index (κ2) is 7.15. The summed E-state index contributed by atoms with van der Waals surface area (Å²) < 4.78 is 0. The molecule has 3 rings (SSSR count). The lowest BCUT2D eigenvalue weighted by atomic mass is 9.98. The van der Waals surface area contributed by atoms with Crippen LogP contribution in [0.4, 0.5) is 10.7 Å². The summed E-state index contributed by atoms with van der Waals surface area (Å²) in [6.45, 7) is 8.70. The molecule has 126 valence electrons. The zero-order chi connectivity index (χ0) is 16.2. The Morgan fingerprint density at radius 2 is 1.83 bits per heavy atom. The van der Waals surface area contributed by atoms with Crippen molar-refractivity contribution in [2.75, 3.05) is 44.2 Å². The summed E-state index contributed by atoms with van der Waals surface area (Å²) in [6.07, 6.45) is 6.68. The van der Waals surface area contributed by atoms with E-state index in [-0.39, 0.29) is 6.03 Å². The summed E-state index contributed by atoms with van der Waals surface area (Å²) in [5.74, 6) is 0.834. The van der Waals surface area contributed by atoms with Gasteiger partial charge in [0.15, 0.2) is 0 Å². The van der Waals surface area contributed by atoms with Crippen molar-refractivity contribution < 1.29 is 4.79 Å². The van der Waals surface area contributed by atoms with Gasteiger partial charge in [0.05, 0.1) is 0 Å². The minimum absolute atomic E-state index is 0.154. The quantitative estimate of drug-likeness (QED) is 0.855. The molecule has 1 fully saturated rings. The number of anilines is 1. The van der Waals surface area contributed by atoms with Gasteiger partial charge in [-0.3, -0.25) is 0 Å². The van der Waals surface area contributed by atoms with Crippen LogP contribution in [0.1, 0.15) is 37.9 Å². The van der Waals surface area contributed by atoms with Crippen LogP contribution < -0.4 is 4.90 Å². The largest absolute Gasteiger partial charge is 0.337 e. The van der Waals surface area contributed by atoms with E-state index in [2.05, 4.69) is 9.88 Å². The number of nitrogens with zero attached hydrogens (tertiary/aromatic N) is 5. The van der Waals surface area contributed by atoms with Crippen LogP contribution in [0.25, 0.3) is 0 Å². The molecule has 0 spiro atoms. The van der Waals surface area contributed by atoms with Gasteiger partial charge in [0.25, 0.3) is 0 Å². The van der Waals surface area contributed by atoms with E-state index in [0.717, 1.165) is 58.1 Å². The first-order chi connectivity index (χ1) is 11.2. The number of fused-ring (bicyclic) bond motifs is 1. The molecule has 0 atom stereocenters. The highest BCUT2D eigenvalue weighted by Gasteiger charge is 2.25. The smallest absolute Gasteiger partial charge is 0.320 e. The third-order valence-electron chi connectivity index (χ3n) is 4.92. The molecule has 1 aliphatic carbocycles. The summed E-state index contributed by atoms with van der Waals surface area (Å²) in [5.41, 5.74) is 2.54. The SMILES string of the molecule is CCN(CC)C(=O)N1CCN(c2ncc3c(n2)CCCC3)CC1. The van der Waals surface area contributed by atoms with Crippen molar-refractivity contribution in [2.24, 2.45) is 0 Å². The maximum Gasteiger partial charge on any atom is 0.320 e. The zero-order valence-electron chi connectivity index (χ0n) is 14.3. The van der Waals surface area contributed by atoms with E-state index in [0.29, 0.717) is 0 Å². The number of amides is 2. The first kappa shape index (κ1) is 16.0. The van der Waals surface area contributed by atoms with Crippen LogP contribution in [0.5, 0.6) is 0 Å². The fourth-order valence-electron chi connectivity index (χ4n) is 3.41. The number of aromatic nitrogens is 2. The molecule has 1 aromatic rings. The molecule has 6 heteroatoms. The molecule has 0 saturated carbocycles. The van der Waals surface area contributed by atoms with Gasteiger partial charge in [-0.15, -0.1) is 0 Å². The number of piperazine rings is 1. The number of carbonyl (C=O) groups excluding carboxylic acids is 1. The van der Waals surface area contributed by atoms with Gasteiger partial charge < -0.3 is 14.7 Å². The summed E-state index contributed by atoms with van der Waals surface area (Å²) >= 11 is 0. The van der Waals surface area contributed by atoms with Crippen LogP contribution >= 0.6 is 0 Å². The molecule has 2 heterocycles. The van der Waals surface area contributed by atoms with Crippen LogP contribution in [-0.4, -0.2) is 65.1 Å². The van der Waals surface area contributed by atoms with E-state index in [1.54, 1.807) is 0 Å².